The highest BCUT2D eigenvalue weighted by Crippen LogP contribution is 2.19. The SMILES string of the molecule is CCNC(=NCc1cccc(OCCN(C)C)c1)N1CCC(OCC2CCCCO2)CC1.I. The van der Waals surface area contributed by atoms with Gasteiger partial charge in [0.05, 0.1) is 25.4 Å². The van der Waals surface area contributed by atoms with Crippen LogP contribution in [0.2, 0.25) is 0 Å². The van der Waals surface area contributed by atoms with E-state index in [0.717, 1.165) is 75.9 Å². The average molecular weight is 575 g/mol. The number of likely N-dealkylation sites (tertiary alicyclic amines) is 1. The second-order valence-corrected chi connectivity index (χ2v) is 8.98. The third-order valence-corrected chi connectivity index (χ3v) is 5.99. The molecule has 7 nitrogen and oxygen atoms in total. The molecule has 33 heavy (non-hydrogen) atoms. The molecule has 1 unspecified atom stereocenters. The Bertz CT molecular complexity index is 690. The van der Waals surface area contributed by atoms with Gasteiger partial charge in [0.2, 0.25) is 0 Å². The van der Waals surface area contributed by atoms with E-state index >= 15 is 0 Å². The zero-order valence-electron chi connectivity index (χ0n) is 20.6. The van der Waals surface area contributed by atoms with Crippen LogP contribution in [0.25, 0.3) is 0 Å². The molecule has 2 saturated heterocycles. The summed E-state index contributed by atoms with van der Waals surface area (Å²) >= 11 is 0. The number of hydrogen-bond acceptors (Lipinski definition) is 5. The van der Waals surface area contributed by atoms with Gasteiger partial charge in [-0.1, -0.05) is 12.1 Å². The fourth-order valence-electron chi connectivity index (χ4n) is 4.09. The topological polar surface area (TPSA) is 58.6 Å². The molecule has 1 aromatic rings. The molecule has 188 valence electrons. The number of nitrogens with zero attached hydrogens (tertiary/aromatic N) is 3. The number of piperidine rings is 1. The second-order valence-electron chi connectivity index (χ2n) is 8.98. The fraction of sp³-hybridized carbons (Fsp3) is 0.720. The number of aliphatic imine (C=N–C) groups is 1. The molecule has 2 heterocycles. The first kappa shape index (κ1) is 28.1. The van der Waals surface area contributed by atoms with E-state index in [0.29, 0.717) is 25.4 Å². The first-order valence-electron chi connectivity index (χ1n) is 12.3. The molecule has 2 fully saturated rings. The first-order chi connectivity index (χ1) is 15.6. The van der Waals surface area contributed by atoms with Gasteiger partial charge in [0, 0.05) is 32.8 Å². The molecule has 8 heteroatoms. The average Bonchev–Trinajstić information content (AvgIpc) is 2.81. The van der Waals surface area contributed by atoms with E-state index in [1.807, 2.05) is 12.1 Å². The lowest BCUT2D eigenvalue weighted by Gasteiger charge is -2.35. The van der Waals surface area contributed by atoms with Crippen LogP contribution in [0.3, 0.4) is 0 Å². The van der Waals surface area contributed by atoms with Crippen molar-refractivity contribution < 1.29 is 14.2 Å². The molecule has 1 atom stereocenters. The summed E-state index contributed by atoms with van der Waals surface area (Å²) < 4.78 is 17.8. The van der Waals surface area contributed by atoms with Crippen LogP contribution in [0.4, 0.5) is 0 Å². The number of hydrogen-bond donors (Lipinski definition) is 1. The Morgan fingerprint density at radius 3 is 2.73 bits per heavy atom. The standard InChI is InChI=1S/C25H42N4O3.HI/c1-4-26-25(27-19-21-8-7-10-23(18-21)31-17-15-28(2)3)29-13-11-22(12-14-29)32-20-24-9-5-6-16-30-24;/h7-8,10,18,22,24H,4-6,9,11-17,19-20H2,1-3H3,(H,26,27);1H. The van der Waals surface area contributed by atoms with Crippen LogP contribution in [-0.2, 0) is 16.0 Å². The molecule has 0 radical (unpaired) electrons. The number of ether oxygens (including phenoxy) is 3. The van der Waals surface area contributed by atoms with Gasteiger partial charge < -0.3 is 29.3 Å². The van der Waals surface area contributed by atoms with Gasteiger partial charge in [-0.15, -0.1) is 24.0 Å². The predicted molar refractivity (Wildman–Crippen MR) is 145 cm³/mol. The lowest BCUT2D eigenvalue weighted by molar-refractivity contribution is -0.0721. The van der Waals surface area contributed by atoms with Gasteiger partial charge >= 0.3 is 0 Å². The number of likely N-dealkylation sites (N-methyl/N-ethyl adjacent to an activating group) is 1. The lowest BCUT2D eigenvalue weighted by atomic mass is 10.1. The van der Waals surface area contributed by atoms with E-state index in [1.165, 1.54) is 12.8 Å². The van der Waals surface area contributed by atoms with Crippen LogP contribution in [0.5, 0.6) is 5.75 Å². The Balaban J connectivity index is 0.00000385. The van der Waals surface area contributed by atoms with Gasteiger partial charge in [-0.25, -0.2) is 4.99 Å². The van der Waals surface area contributed by atoms with Gasteiger partial charge in [-0.05, 0) is 70.8 Å². The van der Waals surface area contributed by atoms with Crippen molar-refractivity contribution in [3.63, 3.8) is 0 Å². The van der Waals surface area contributed by atoms with E-state index in [1.54, 1.807) is 0 Å². The van der Waals surface area contributed by atoms with Gasteiger partial charge in [-0.3, -0.25) is 0 Å². The molecule has 0 amide bonds. The van der Waals surface area contributed by atoms with Crippen molar-refractivity contribution in [3.8, 4) is 5.75 Å². The summed E-state index contributed by atoms with van der Waals surface area (Å²) in [6.45, 7) is 8.78. The van der Waals surface area contributed by atoms with Crippen LogP contribution in [0, 0.1) is 0 Å². The zero-order chi connectivity index (χ0) is 22.6. The largest absolute Gasteiger partial charge is 0.492 e. The molecule has 2 aliphatic heterocycles. The molecule has 0 aliphatic carbocycles. The molecule has 1 N–H and O–H groups in total. The Labute approximate surface area is 217 Å². The van der Waals surface area contributed by atoms with Gasteiger partial charge in [0.1, 0.15) is 12.4 Å². The molecular formula is C25H43IN4O3. The third kappa shape index (κ3) is 10.4. The van der Waals surface area contributed by atoms with Crippen molar-refractivity contribution in [1.29, 1.82) is 0 Å². The van der Waals surface area contributed by atoms with Crippen LogP contribution in [0.15, 0.2) is 29.3 Å². The van der Waals surface area contributed by atoms with Crippen molar-refractivity contribution in [2.75, 3.05) is 60.1 Å². The number of halogens is 1. The lowest BCUT2D eigenvalue weighted by Crippen LogP contribution is -2.47. The van der Waals surface area contributed by atoms with Crippen molar-refractivity contribution in [2.24, 2.45) is 4.99 Å². The number of rotatable bonds is 10. The molecule has 1 aromatic carbocycles. The Morgan fingerprint density at radius 1 is 1.21 bits per heavy atom. The summed E-state index contributed by atoms with van der Waals surface area (Å²) in [7, 11) is 4.10. The molecule has 2 aliphatic rings. The number of guanidine groups is 1. The molecule has 3 rings (SSSR count). The first-order valence-corrected chi connectivity index (χ1v) is 12.3. The summed E-state index contributed by atoms with van der Waals surface area (Å²) in [4.78, 5) is 9.39. The predicted octanol–water partition coefficient (Wildman–Crippen LogP) is 3.76. The van der Waals surface area contributed by atoms with Crippen molar-refractivity contribution in [3.05, 3.63) is 29.8 Å². The van der Waals surface area contributed by atoms with E-state index < -0.39 is 0 Å². The van der Waals surface area contributed by atoms with E-state index in [9.17, 15) is 0 Å². The van der Waals surface area contributed by atoms with Crippen molar-refractivity contribution >= 4 is 29.9 Å². The number of benzene rings is 1. The minimum Gasteiger partial charge on any atom is -0.492 e. The Hall–Kier alpha value is -1.10. The zero-order valence-corrected chi connectivity index (χ0v) is 23.0. The maximum atomic E-state index is 6.17. The minimum absolute atomic E-state index is 0. The highest BCUT2D eigenvalue weighted by molar-refractivity contribution is 14.0. The minimum atomic E-state index is 0. The van der Waals surface area contributed by atoms with E-state index in [-0.39, 0.29) is 24.0 Å². The van der Waals surface area contributed by atoms with Crippen LogP contribution in [-0.4, -0.2) is 88.1 Å². The van der Waals surface area contributed by atoms with Gasteiger partial charge in [0.25, 0.3) is 0 Å². The van der Waals surface area contributed by atoms with E-state index in [4.69, 9.17) is 19.2 Å². The highest BCUT2D eigenvalue weighted by Gasteiger charge is 2.23. The summed E-state index contributed by atoms with van der Waals surface area (Å²) in [5.74, 6) is 1.89. The second kappa shape index (κ2) is 15.7. The van der Waals surface area contributed by atoms with Crippen LogP contribution in [0.1, 0.15) is 44.6 Å². The van der Waals surface area contributed by atoms with Crippen LogP contribution >= 0.6 is 24.0 Å². The fourth-order valence-corrected chi connectivity index (χ4v) is 4.09. The third-order valence-electron chi connectivity index (χ3n) is 5.99. The Kier molecular flexibility index (Phi) is 13.4. The summed E-state index contributed by atoms with van der Waals surface area (Å²) in [6.07, 6.45) is 6.28. The maximum Gasteiger partial charge on any atom is 0.194 e. The molecule has 0 aromatic heterocycles. The van der Waals surface area contributed by atoms with Gasteiger partial charge in [-0.2, -0.15) is 0 Å². The molecule has 0 bridgehead atoms. The number of nitrogens with one attached hydrogen (secondary N) is 1. The summed E-state index contributed by atoms with van der Waals surface area (Å²) in [5.41, 5.74) is 1.16. The highest BCUT2D eigenvalue weighted by atomic mass is 127. The molecule has 0 spiro atoms. The van der Waals surface area contributed by atoms with E-state index in [2.05, 4.69) is 48.3 Å². The van der Waals surface area contributed by atoms with Gasteiger partial charge in [0.15, 0.2) is 5.96 Å². The monoisotopic (exact) mass is 574 g/mol. The molecule has 0 saturated carbocycles. The summed E-state index contributed by atoms with van der Waals surface area (Å²) in [6, 6.07) is 8.26. The molecular weight excluding hydrogens is 531 g/mol. The van der Waals surface area contributed by atoms with Crippen molar-refractivity contribution in [1.82, 2.24) is 15.1 Å². The Morgan fingerprint density at radius 2 is 2.03 bits per heavy atom. The van der Waals surface area contributed by atoms with Crippen molar-refractivity contribution in [2.45, 2.75) is 57.8 Å². The summed E-state index contributed by atoms with van der Waals surface area (Å²) in [5, 5.41) is 3.46. The van der Waals surface area contributed by atoms with Crippen LogP contribution < -0.4 is 10.1 Å². The maximum absolute atomic E-state index is 6.17. The quantitative estimate of drug-likeness (QED) is 0.261. The smallest absolute Gasteiger partial charge is 0.194 e. The normalized spacial score (nSPS) is 19.9.